The maximum Gasteiger partial charge on any atom is 0.344 e. The van der Waals surface area contributed by atoms with Crippen LogP contribution in [0.1, 0.15) is 57.7 Å². The summed E-state index contributed by atoms with van der Waals surface area (Å²) in [4.78, 5) is 44.7. The molecule has 1 aliphatic rings. The molecule has 1 aliphatic heterocycles. The fourth-order valence-electron chi connectivity index (χ4n) is 4.83. The maximum absolute atomic E-state index is 14.1. The molecule has 0 N–H and O–H groups in total. The average Bonchev–Trinajstić information content (AvgIpc) is 3.30. The monoisotopic (exact) mass is 686 g/mol. The Kier molecular flexibility index (Phi) is 11.4. The number of thiazole rings is 1. The molecular weight excluding hydrogens is 652 g/mol. The highest BCUT2D eigenvalue weighted by Gasteiger charge is 2.36. The van der Waals surface area contributed by atoms with E-state index in [0.29, 0.717) is 62.0 Å². The molecule has 234 valence electrons. The Hall–Kier alpha value is -3.90. The lowest BCUT2D eigenvalue weighted by Gasteiger charge is -2.27. The van der Waals surface area contributed by atoms with Crippen molar-refractivity contribution in [3.05, 3.63) is 83.0 Å². The fraction of sp³-hybridized carbons (Fsp3) is 0.375. The highest BCUT2D eigenvalue weighted by Crippen LogP contribution is 2.38. The van der Waals surface area contributed by atoms with Crippen LogP contribution < -0.4 is 29.1 Å². The predicted octanol–water partition coefficient (Wildman–Crippen LogP) is 4.69. The molecule has 0 aliphatic carbocycles. The molecule has 0 saturated carbocycles. The molecule has 2 heterocycles. The molecule has 0 radical (unpaired) electrons. The number of methoxy groups -OCH3 is 1. The number of ether oxygens (including phenoxy) is 5. The van der Waals surface area contributed by atoms with Crippen LogP contribution in [0.4, 0.5) is 0 Å². The molecular formula is C32H35BrN2O8S. The van der Waals surface area contributed by atoms with Crippen LogP contribution in [0.15, 0.2) is 61.9 Å². The molecule has 10 nitrogen and oxygen atoms in total. The molecule has 1 aromatic heterocycles. The Bertz CT molecular complexity index is 1740. The lowest BCUT2D eigenvalue weighted by atomic mass is 9.93. The van der Waals surface area contributed by atoms with E-state index in [-0.39, 0.29) is 25.4 Å². The average molecular weight is 688 g/mol. The Labute approximate surface area is 267 Å². The van der Waals surface area contributed by atoms with Gasteiger partial charge in [-0.3, -0.25) is 9.36 Å². The summed E-state index contributed by atoms with van der Waals surface area (Å²) in [5, 5.41) is 0. The van der Waals surface area contributed by atoms with E-state index >= 15 is 0 Å². The first-order chi connectivity index (χ1) is 21.3. The van der Waals surface area contributed by atoms with Gasteiger partial charge in [0.15, 0.2) is 22.9 Å². The number of esters is 2. The Balaban J connectivity index is 1.89. The van der Waals surface area contributed by atoms with Crippen LogP contribution in [-0.4, -0.2) is 50.0 Å². The molecule has 0 spiro atoms. The number of carbonyl (C=O) groups excluding carboxylic acids is 2. The van der Waals surface area contributed by atoms with Crippen LogP contribution in [0, 0.1) is 0 Å². The molecule has 0 fully saturated rings. The number of benzene rings is 2. The first kappa shape index (κ1) is 33.0. The SMILES string of the molecule is CCCC1=C(C(=O)OCC)[C@H](c2cc(Br)ccc2OC)n2c(s/c(=C/c3ccc(OCC(=O)OCC)c(OCC)c3)c2=O)=N1. The quantitative estimate of drug-likeness (QED) is 0.238. The Morgan fingerprint density at radius 2 is 1.73 bits per heavy atom. The lowest BCUT2D eigenvalue weighted by molar-refractivity contribution is -0.145. The van der Waals surface area contributed by atoms with Gasteiger partial charge in [0, 0.05) is 10.0 Å². The lowest BCUT2D eigenvalue weighted by Crippen LogP contribution is -2.40. The molecule has 0 saturated heterocycles. The summed E-state index contributed by atoms with van der Waals surface area (Å²) in [6.07, 6.45) is 3.00. The van der Waals surface area contributed by atoms with Gasteiger partial charge in [0.1, 0.15) is 11.8 Å². The number of halogens is 1. The highest BCUT2D eigenvalue weighted by molar-refractivity contribution is 9.10. The van der Waals surface area contributed by atoms with Gasteiger partial charge in [-0.1, -0.05) is 46.7 Å². The van der Waals surface area contributed by atoms with Crippen LogP contribution in [0.3, 0.4) is 0 Å². The normalized spacial score (nSPS) is 14.5. The van der Waals surface area contributed by atoms with Crippen molar-refractivity contribution in [1.82, 2.24) is 4.57 Å². The second-order valence-electron chi connectivity index (χ2n) is 9.53. The van der Waals surface area contributed by atoms with Crippen molar-refractivity contribution in [3.8, 4) is 17.2 Å². The van der Waals surface area contributed by atoms with Gasteiger partial charge in [0.05, 0.1) is 42.7 Å². The van der Waals surface area contributed by atoms with Gasteiger partial charge < -0.3 is 23.7 Å². The topological polar surface area (TPSA) is 115 Å². The van der Waals surface area contributed by atoms with Crippen molar-refractivity contribution in [3.63, 3.8) is 0 Å². The van der Waals surface area contributed by atoms with Crippen LogP contribution in [0.2, 0.25) is 0 Å². The van der Waals surface area contributed by atoms with E-state index < -0.39 is 18.0 Å². The number of rotatable bonds is 13. The number of allylic oxidation sites excluding steroid dienone is 1. The summed E-state index contributed by atoms with van der Waals surface area (Å²) < 4.78 is 30.2. The van der Waals surface area contributed by atoms with Gasteiger partial charge in [-0.15, -0.1) is 0 Å². The maximum atomic E-state index is 14.1. The molecule has 4 rings (SSSR count). The standard InChI is InChI=1S/C32H35BrN2O8S/c1-6-10-22-28(31(38)42-9-4)29(21-17-20(33)12-14-23(21)39-5)35-30(37)26(44-32(35)34-22)16-19-11-13-24(25(15-19)40-7-2)43-18-27(36)41-8-3/h11-17,29H,6-10,18H2,1-5H3/b26-16+/t29-/m0/s1. The molecule has 0 amide bonds. The molecule has 0 unspecified atom stereocenters. The van der Waals surface area contributed by atoms with E-state index in [2.05, 4.69) is 15.9 Å². The largest absolute Gasteiger partial charge is 0.496 e. The van der Waals surface area contributed by atoms with Gasteiger partial charge in [-0.25, -0.2) is 14.6 Å². The summed E-state index contributed by atoms with van der Waals surface area (Å²) in [6.45, 7) is 7.86. The van der Waals surface area contributed by atoms with E-state index in [4.69, 9.17) is 28.7 Å². The molecule has 12 heteroatoms. The van der Waals surface area contributed by atoms with E-state index in [1.807, 2.05) is 26.0 Å². The zero-order chi connectivity index (χ0) is 31.8. The van der Waals surface area contributed by atoms with Gasteiger partial charge >= 0.3 is 11.9 Å². The van der Waals surface area contributed by atoms with Crippen molar-refractivity contribution in [1.29, 1.82) is 0 Å². The molecule has 44 heavy (non-hydrogen) atoms. The first-order valence-electron chi connectivity index (χ1n) is 14.4. The van der Waals surface area contributed by atoms with E-state index in [9.17, 15) is 14.4 Å². The van der Waals surface area contributed by atoms with Crippen LogP contribution in [0.25, 0.3) is 6.08 Å². The van der Waals surface area contributed by atoms with Crippen LogP contribution in [-0.2, 0) is 19.1 Å². The van der Waals surface area contributed by atoms with Gasteiger partial charge in [0.2, 0.25) is 0 Å². The first-order valence-corrected chi connectivity index (χ1v) is 16.0. The van der Waals surface area contributed by atoms with E-state index in [1.54, 1.807) is 51.3 Å². The third-order valence-electron chi connectivity index (χ3n) is 6.59. The minimum atomic E-state index is -0.820. The van der Waals surface area contributed by atoms with Crippen molar-refractivity contribution >= 4 is 45.3 Å². The fourth-order valence-corrected chi connectivity index (χ4v) is 6.23. The highest BCUT2D eigenvalue weighted by atomic mass is 79.9. The van der Waals surface area contributed by atoms with Crippen LogP contribution >= 0.6 is 27.3 Å². The number of nitrogens with zero attached hydrogens (tertiary/aromatic N) is 2. The van der Waals surface area contributed by atoms with Gasteiger partial charge in [-0.05, 0) is 69.2 Å². The van der Waals surface area contributed by atoms with E-state index in [0.717, 1.165) is 10.9 Å². The predicted molar refractivity (Wildman–Crippen MR) is 170 cm³/mol. The minimum absolute atomic E-state index is 0.177. The van der Waals surface area contributed by atoms with E-state index in [1.165, 1.54) is 15.9 Å². The summed E-state index contributed by atoms with van der Waals surface area (Å²) in [7, 11) is 1.55. The molecule has 0 bridgehead atoms. The third-order valence-corrected chi connectivity index (χ3v) is 8.07. The van der Waals surface area contributed by atoms with Gasteiger partial charge in [-0.2, -0.15) is 0 Å². The van der Waals surface area contributed by atoms with Crippen molar-refractivity contribution in [2.24, 2.45) is 4.99 Å². The number of aromatic nitrogens is 1. The number of carbonyl (C=O) groups is 2. The third kappa shape index (κ3) is 7.24. The number of hydrogen-bond acceptors (Lipinski definition) is 10. The summed E-state index contributed by atoms with van der Waals surface area (Å²) in [5.74, 6) is 0.308. The van der Waals surface area contributed by atoms with Crippen molar-refractivity contribution < 1.29 is 33.3 Å². The number of hydrogen-bond donors (Lipinski definition) is 0. The van der Waals surface area contributed by atoms with Gasteiger partial charge in [0.25, 0.3) is 5.56 Å². The number of fused-ring (bicyclic) bond motifs is 1. The molecule has 2 aromatic carbocycles. The molecule has 1 atom stereocenters. The smallest absolute Gasteiger partial charge is 0.344 e. The summed E-state index contributed by atoms with van der Waals surface area (Å²) >= 11 is 4.76. The Morgan fingerprint density at radius 1 is 0.977 bits per heavy atom. The zero-order valence-corrected chi connectivity index (χ0v) is 27.7. The summed E-state index contributed by atoms with van der Waals surface area (Å²) in [6, 6.07) is 9.84. The Morgan fingerprint density at radius 3 is 2.41 bits per heavy atom. The minimum Gasteiger partial charge on any atom is -0.496 e. The van der Waals surface area contributed by atoms with Crippen molar-refractivity contribution in [2.45, 2.75) is 46.6 Å². The van der Waals surface area contributed by atoms with Crippen LogP contribution in [0.5, 0.6) is 17.2 Å². The zero-order valence-electron chi connectivity index (χ0n) is 25.3. The van der Waals surface area contributed by atoms with Crippen molar-refractivity contribution in [2.75, 3.05) is 33.5 Å². The second-order valence-corrected chi connectivity index (χ2v) is 11.5. The second kappa shape index (κ2) is 15.2. The summed E-state index contributed by atoms with van der Waals surface area (Å²) in [5.41, 5.74) is 1.87. The molecule has 3 aromatic rings.